The van der Waals surface area contributed by atoms with Crippen molar-refractivity contribution >= 4 is 5.91 Å². The van der Waals surface area contributed by atoms with Crippen molar-refractivity contribution in [3.8, 4) is 0 Å². The highest BCUT2D eigenvalue weighted by Gasteiger charge is 2.24. The Morgan fingerprint density at radius 3 is 2.38 bits per heavy atom. The normalized spacial score (nSPS) is 17.2. The Morgan fingerprint density at radius 2 is 1.81 bits per heavy atom. The summed E-state index contributed by atoms with van der Waals surface area (Å²) in [5, 5.41) is 2.69. The quantitative estimate of drug-likeness (QED) is 0.871. The molecule has 0 bridgehead atoms. The molecule has 0 spiro atoms. The van der Waals surface area contributed by atoms with Crippen molar-refractivity contribution in [2.24, 2.45) is 0 Å². The maximum atomic E-state index is 13.6. The number of hydrogen-bond donors (Lipinski definition) is 1. The van der Waals surface area contributed by atoms with E-state index in [4.69, 9.17) is 0 Å². The number of hydrogen-bond acceptors (Lipinski definition) is 2. The third-order valence-electron chi connectivity index (χ3n) is 3.87. The van der Waals surface area contributed by atoms with Crippen LogP contribution in [0.15, 0.2) is 12.1 Å². The van der Waals surface area contributed by atoms with E-state index in [1.165, 1.54) is 0 Å². The van der Waals surface area contributed by atoms with Crippen molar-refractivity contribution in [3.63, 3.8) is 0 Å². The van der Waals surface area contributed by atoms with E-state index >= 15 is 0 Å². The standard InChI is InChI=1S/C15H19F3N2O/c1-9(2)20-7-5-10(6-8-20)19-15(21)11-3-4-12(16)14(18)13(11)17/h3-4,9-10H,5-8H2,1-2H3,(H,19,21). The first-order valence-electron chi connectivity index (χ1n) is 7.08. The van der Waals surface area contributed by atoms with Crippen LogP contribution in [0.4, 0.5) is 13.2 Å². The van der Waals surface area contributed by atoms with E-state index in [-0.39, 0.29) is 6.04 Å². The molecule has 3 nitrogen and oxygen atoms in total. The molecule has 0 unspecified atom stereocenters. The molecule has 1 heterocycles. The fourth-order valence-corrected chi connectivity index (χ4v) is 2.52. The first-order chi connectivity index (χ1) is 9.90. The molecule has 0 aromatic heterocycles. The van der Waals surface area contributed by atoms with Crippen molar-refractivity contribution < 1.29 is 18.0 Å². The summed E-state index contributed by atoms with van der Waals surface area (Å²) >= 11 is 0. The number of benzene rings is 1. The van der Waals surface area contributed by atoms with Crippen LogP contribution in [0.3, 0.4) is 0 Å². The smallest absolute Gasteiger partial charge is 0.254 e. The number of nitrogens with zero attached hydrogens (tertiary/aromatic N) is 1. The first-order valence-corrected chi connectivity index (χ1v) is 7.08. The van der Waals surface area contributed by atoms with Crippen molar-refractivity contribution in [1.82, 2.24) is 10.2 Å². The van der Waals surface area contributed by atoms with Gasteiger partial charge in [-0.2, -0.15) is 0 Å². The monoisotopic (exact) mass is 300 g/mol. The van der Waals surface area contributed by atoms with Crippen LogP contribution in [0.2, 0.25) is 0 Å². The third-order valence-corrected chi connectivity index (χ3v) is 3.87. The Bertz CT molecular complexity index is 526. The zero-order valence-electron chi connectivity index (χ0n) is 12.1. The van der Waals surface area contributed by atoms with Gasteiger partial charge in [-0.1, -0.05) is 0 Å². The van der Waals surface area contributed by atoms with Gasteiger partial charge < -0.3 is 10.2 Å². The second-order valence-electron chi connectivity index (χ2n) is 5.60. The van der Waals surface area contributed by atoms with E-state index in [0.29, 0.717) is 6.04 Å². The molecule has 1 fully saturated rings. The minimum Gasteiger partial charge on any atom is -0.349 e. The predicted molar refractivity (Wildman–Crippen MR) is 73.5 cm³/mol. The predicted octanol–water partition coefficient (Wildman–Crippen LogP) is 2.71. The van der Waals surface area contributed by atoms with Gasteiger partial charge >= 0.3 is 0 Å². The van der Waals surface area contributed by atoms with Crippen LogP contribution in [0.1, 0.15) is 37.0 Å². The second kappa shape index (κ2) is 6.47. The molecule has 0 saturated carbocycles. The van der Waals surface area contributed by atoms with Crippen LogP contribution in [-0.4, -0.2) is 36.0 Å². The summed E-state index contributed by atoms with van der Waals surface area (Å²) in [6.45, 7) is 5.91. The van der Waals surface area contributed by atoms with E-state index in [1.807, 2.05) is 0 Å². The number of piperidine rings is 1. The van der Waals surface area contributed by atoms with Crippen LogP contribution in [-0.2, 0) is 0 Å². The van der Waals surface area contributed by atoms with Gasteiger partial charge in [0.05, 0.1) is 5.56 Å². The number of likely N-dealkylation sites (tertiary alicyclic amines) is 1. The average molecular weight is 300 g/mol. The molecule has 1 amide bonds. The van der Waals surface area contributed by atoms with E-state index in [1.54, 1.807) is 0 Å². The van der Waals surface area contributed by atoms with Crippen LogP contribution in [0, 0.1) is 17.5 Å². The number of carbonyl (C=O) groups is 1. The number of halogens is 3. The lowest BCUT2D eigenvalue weighted by Gasteiger charge is -2.34. The molecule has 21 heavy (non-hydrogen) atoms. The summed E-state index contributed by atoms with van der Waals surface area (Å²) in [5.74, 6) is -5.05. The highest BCUT2D eigenvalue weighted by atomic mass is 19.2. The van der Waals surface area contributed by atoms with Crippen LogP contribution >= 0.6 is 0 Å². The van der Waals surface area contributed by atoms with Gasteiger partial charge in [0.1, 0.15) is 0 Å². The zero-order valence-corrected chi connectivity index (χ0v) is 12.1. The van der Waals surface area contributed by atoms with Gasteiger partial charge in [-0.25, -0.2) is 13.2 Å². The lowest BCUT2D eigenvalue weighted by Crippen LogP contribution is -2.46. The average Bonchev–Trinajstić information content (AvgIpc) is 2.45. The Labute approximate surface area is 122 Å². The Morgan fingerprint density at radius 1 is 1.19 bits per heavy atom. The SMILES string of the molecule is CC(C)N1CCC(NC(=O)c2ccc(F)c(F)c2F)CC1. The highest BCUT2D eigenvalue weighted by molar-refractivity contribution is 5.94. The topological polar surface area (TPSA) is 32.3 Å². The molecule has 1 saturated heterocycles. The Balaban J connectivity index is 1.98. The lowest BCUT2D eigenvalue weighted by molar-refractivity contribution is 0.0895. The summed E-state index contributed by atoms with van der Waals surface area (Å²) < 4.78 is 39.5. The summed E-state index contributed by atoms with van der Waals surface area (Å²) in [7, 11) is 0. The highest BCUT2D eigenvalue weighted by Crippen LogP contribution is 2.17. The van der Waals surface area contributed by atoms with Crippen molar-refractivity contribution in [1.29, 1.82) is 0 Å². The molecule has 0 aliphatic carbocycles. The Kier molecular flexibility index (Phi) is 4.88. The van der Waals surface area contributed by atoms with Crippen LogP contribution in [0.5, 0.6) is 0 Å². The maximum Gasteiger partial charge on any atom is 0.254 e. The first kappa shape index (κ1) is 15.8. The van der Waals surface area contributed by atoms with Crippen molar-refractivity contribution in [3.05, 3.63) is 35.1 Å². The molecule has 1 aromatic rings. The van der Waals surface area contributed by atoms with Crippen molar-refractivity contribution in [2.75, 3.05) is 13.1 Å². The van der Waals surface area contributed by atoms with Crippen molar-refractivity contribution in [2.45, 2.75) is 38.8 Å². The number of rotatable bonds is 3. The molecule has 2 rings (SSSR count). The van der Waals surface area contributed by atoms with Gasteiger partial charge in [-0.3, -0.25) is 4.79 Å². The lowest BCUT2D eigenvalue weighted by atomic mass is 10.0. The molecule has 1 aliphatic heterocycles. The molecular formula is C15H19F3N2O. The molecule has 116 valence electrons. The molecule has 1 aromatic carbocycles. The van der Waals surface area contributed by atoms with Gasteiger partial charge in [-0.05, 0) is 38.8 Å². The minimum atomic E-state index is -1.61. The molecule has 0 radical (unpaired) electrons. The fourth-order valence-electron chi connectivity index (χ4n) is 2.52. The van der Waals surface area contributed by atoms with Gasteiger partial charge in [0.2, 0.25) is 0 Å². The summed E-state index contributed by atoms with van der Waals surface area (Å²) in [4.78, 5) is 14.3. The Hall–Kier alpha value is -1.56. The third kappa shape index (κ3) is 3.56. The molecule has 6 heteroatoms. The number of carbonyl (C=O) groups excluding carboxylic acids is 1. The fraction of sp³-hybridized carbons (Fsp3) is 0.533. The zero-order chi connectivity index (χ0) is 15.6. The second-order valence-corrected chi connectivity index (χ2v) is 5.60. The van der Waals surface area contributed by atoms with Crippen LogP contribution in [0.25, 0.3) is 0 Å². The van der Waals surface area contributed by atoms with E-state index in [0.717, 1.165) is 38.1 Å². The van der Waals surface area contributed by atoms with Gasteiger partial charge in [0.15, 0.2) is 17.5 Å². The van der Waals surface area contributed by atoms with Gasteiger partial charge in [-0.15, -0.1) is 0 Å². The van der Waals surface area contributed by atoms with Gasteiger partial charge in [0, 0.05) is 25.2 Å². The summed E-state index contributed by atoms with van der Waals surface area (Å²) in [6.07, 6.45) is 1.52. The van der Waals surface area contributed by atoms with Crippen LogP contribution < -0.4 is 5.32 Å². The summed E-state index contributed by atoms with van der Waals surface area (Å²) in [5.41, 5.74) is -0.458. The molecular weight excluding hydrogens is 281 g/mol. The van der Waals surface area contributed by atoms with E-state index in [2.05, 4.69) is 24.1 Å². The molecule has 0 atom stereocenters. The number of nitrogens with one attached hydrogen (secondary N) is 1. The van der Waals surface area contributed by atoms with E-state index in [9.17, 15) is 18.0 Å². The molecule has 1 aliphatic rings. The molecule has 1 N–H and O–H groups in total. The minimum absolute atomic E-state index is 0.0694. The summed E-state index contributed by atoms with van der Waals surface area (Å²) in [6, 6.07) is 2.10. The van der Waals surface area contributed by atoms with Gasteiger partial charge in [0.25, 0.3) is 5.91 Å². The van der Waals surface area contributed by atoms with E-state index < -0.39 is 28.9 Å². The maximum absolute atomic E-state index is 13.6. The largest absolute Gasteiger partial charge is 0.349 e. The number of amides is 1.